The molecule has 1 unspecified atom stereocenters. The van der Waals surface area contributed by atoms with E-state index in [4.69, 9.17) is 10.5 Å². The van der Waals surface area contributed by atoms with Crippen molar-refractivity contribution in [3.63, 3.8) is 0 Å². The van der Waals surface area contributed by atoms with Crippen LogP contribution in [0.1, 0.15) is 13.8 Å². The molecule has 16 heavy (non-hydrogen) atoms. The fourth-order valence-corrected chi connectivity index (χ4v) is 1.81. The Kier molecular flexibility index (Phi) is 7.57. The topological polar surface area (TPSA) is 85.5 Å². The predicted octanol–water partition coefficient (Wildman–Crippen LogP) is 0.676. The van der Waals surface area contributed by atoms with Gasteiger partial charge in [0.15, 0.2) is 12.4 Å². The van der Waals surface area contributed by atoms with Crippen molar-refractivity contribution in [2.75, 3.05) is 6.16 Å². The maximum atomic E-state index is 11.3. The van der Waals surface area contributed by atoms with E-state index < -0.39 is 7.95 Å². The molecule has 0 saturated heterocycles. The third-order valence-electron chi connectivity index (χ3n) is 1.76. The van der Waals surface area contributed by atoms with Gasteiger partial charge in [-0.1, -0.05) is 6.92 Å². The third-order valence-corrected chi connectivity index (χ3v) is 3.20. The van der Waals surface area contributed by atoms with Crippen LogP contribution in [-0.4, -0.2) is 10.5 Å². The van der Waals surface area contributed by atoms with Crippen LogP contribution >= 0.6 is 7.95 Å². The van der Waals surface area contributed by atoms with E-state index in [2.05, 4.69) is 6.92 Å². The molecule has 6 nitrogen and oxygen atoms in total. The lowest BCUT2D eigenvalue weighted by Crippen LogP contribution is -2.28. The van der Waals surface area contributed by atoms with E-state index in [1.807, 2.05) is 30.2 Å². The summed E-state index contributed by atoms with van der Waals surface area (Å²) in [5, 5.41) is 16.7. The van der Waals surface area contributed by atoms with Crippen LogP contribution in [0, 0.1) is 22.9 Å². The molecule has 1 rings (SSSR count). The van der Waals surface area contributed by atoms with Crippen LogP contribution in [0.25, 0.3) is 0 Å². The van der Waals surface area contributed by atoms with Gasteiger partial charge in [0.1, 0.15) is 12.4 Å². The maximum absolute atomic E-state index is 11.3. The quantitative estimate of drug-likeness (QED) is 0.364. The Morgan fingerprint density at radius 2 is 2.06 bits per heavy atom. The molecule has 0 fully saturated rings. The Balaban J connectivity index is 0.000000385. The van der Waals surface area contributed by atoms with E-state index in [1.165, 1.54) is 12.4 Å². The van der Waals surface area contributed by atoms with Gasteiger partial charge in [0.05, 0.1) is 6.54 Å². The third kappa shape index (κ3) is 5.19. The zero-order valence-corrected chi connectivity index (χ0v) is 10.3. The highest BCUT2D eigenvalue weighted by Gasteiger charge is 2.05. The second-order valence-electron chi connectivity index (χ2n) is 2.75. The molecule has 1 aromatic heterocycles. The molecule has 0 amide bonds. The molecule has 1 atom stereocenters. The fourth-order valence-electron chi connectivity index (χ4n) is 0.936. The molecule has 0 aliphatic carbocycles. The number of nitriles is 2. The lowest BCUT2D eigenvalue weighted by Gasteiger charge is -1.89. The predicted molar refractivity (Wildman–Crippen MR) is 59.6 cm³/mol. The van der Waals surface area contributed by atoms with Gasteiger partial charge >= 0.3 is 0 Å². The van der Waals surface area contributed by atoms with Crippen molar-refractivity contribution in [1.29, 1.82) is 10.5 Å². The van der Waals surface area contributed by atoms with Crippen LogP contribution in [0.15, 0.2) is 18.7 Å². The molecular weight excluding hydrogens is 225 g/mol. The lowest BCUT2D eigenvalue weighted by molar-refractivity contribution is -0.692. The van der Waals surface area contributed by atoms with Crippen molar-refractivity contribution in [3.05, 3.63) is 18.7 Å². The van der Waals surface area contributed by atoms with Gasteiger partial charge in [0.25, 0.3) is 0 Å². The maximum Gasteiger partial charge on any atom is 0.248 e. The number of imidazole rings is 1. The molecule has 1 N–H and O–H groups in total. The molecule has 7 heteroatoms. The SMILES string of the molecule is CC[n+]1ccn([PH](=O)CC)c1.N#CNC#N. The zero-order valence-electron chi connectivity index (χ0n) is 9.34. The zero-order chi connectivity index (χ0) is 12.4. The van der Waals surface area contributed by atoms with E-state index in [-0.39, 0.29) is 0 Å². The monoisotopic (exact) mass is 240 g/mol. The van der Waals surface area contributed by atoms with Crippen molar-refractivity contribution in [2.24, 2.45) is 0 Å². The summed E-state index contributed by atoms with van der Waals surface area (Å²) in [6.07, 6.45) is 9.26. The molecule has 0 aromatic carbocycles. The van der Waals surface area contributed by atoms with Gasteiger partial charge in [-0.25, -0.2) is 9.88 Å². The van der Waals surface area contributed by atoms with Crippen LogP contribution < -0.4 is 9.88 Å². The Hall–Kier alpha value is -1.78. The first-order chi connectivity index (χ1) is 7.69. The summed E-state index contributed by atoms with van der Waals surface area (Å²) in [6.45, 7) is 4.94. The molecule has 1 aromatic rings. The number of aryl methyl sites for hydroxylation is 1. The summed E-state index contributed by atoms with van der Waals surface area (Å²) in [4.78, 5) is 0. The first-order valence-corrected chi connectivity index (χ1v) is 6.39. The summed E-state index contributed by atoms with van der Waals surface area (Å²) >= 11 is 0. The average Bonchev–Trinajstić information content (AvgIpc) is 2.78. The van der Waals surface area contributed by atoms with Crippen molar-refractivity contribution >= 4 is 7.95 Å². The number of nitrogens with one attached hydrogen (secondary N) is 1. The number of hydrogen-bond donors (Lipinski definition) is 1. The lowest BCUT2D eigenvalue weighted by atomic mass is 10.7. The highest BCUT2D eigenvalue weighted by molar-refractivity contribution is 7.42. The molecule has 86 valence electrons. The van der Waals surface area contributed by atoms with Gasteiger partial charge < -0.3 is 0 Å². The van der Waals surface area contributed by atoms with Crippen molar-refractivity contribution in [3.8, 4) is 12.4 Å². The van der Waals surface area contributed by atoms with Gasteiger partial charge in [-0.3, -0.25) is 4.57 Å². The van der Waals surface area contributed by atoms with Crippen LogP contribution in [0.2, 0.25) is 0 Å². The number of nitrogens with zero attached hydrogens (tertiary/aromatic N) is 4. The highest BCUT2D eigenvalue weighted by atomic mass is 31.1. The Morgan fingerprint density at radius 3 is 2.38 bits per heavy atom. The largest absolute Gasteiger partial charge is 0.277 e. The van der Waals surface area contributed by atoms with Gasteiger partial charge in [-0.15, -0.1) is 0 Å². The fraction of sp³-hybridized carbons (Fsp3) is 0.444. The highest BCUT2D eigenvalue weighted by Crippen LogP contribution is 2.20. The standard InChI is InChI=1S/C7H14N2OP.C2HN3/c1-3-8-5-6-9(7-8)11(10)4-2;3-1-5-2-4/h5-7,11H,3-4H2,1-2H3;5H/q+1;. The number of rotatable bonds is 3. The Morgan fingerprint density at radius 1 is 1.44 bits per heavy atom. The summed E-state index contributed by atoms with van der Waals surface area (Å²) in [7, 11) is -1.55. The molecular formula is C9H15N5OP+. The molecule has 0 saturated carbocycles. The first-order valence-electron chi connectivity index (χ1n) is 4.83. The van der Waals surface area contributed by atoms with Crippen LogP contribution in [0.3, 0.4) is 0 Å². The van der Waals surface area contributed by atoms with Crippen molar-refractivity contribution < 1.29 is 9.13 Å². The molecule has 0 bridgehead atoms. The van der Waals surface area contributed by atoms with Crippen molar-refractivity contribution in [1.82, 2.24) is 9.65 Å². The number of hydrogen-bond acceptors (Lipinski definition) is 4. The van der Waals surface area contributed by atoms with Crippen LogP contribution in [-0.2, 0) is 11.1 Å². The number of aromatic nitrogens is 2. The summed E-state index contributed by atoms with van der Waals surface area (Å²) in [6, 6.07) is 0. The molecule has 0 spiro atoms. The smallest absolute Gasteiger partial charge is 0.248 e. The van der Waals surface area contributed by atoms with Gasteiger partial charge in [0, 0.05) is 6.16 Å². The second kappa shape index (κ2) is 8.52. The molecule has 0 aliphatic heterocycles. The van der Waals surface area contributed by atoms with Gasteiger partial charge in [0.2, 0.25) is 14.3 Å². The Bertz CT molecular complexity index is 402. The molecule has 0 radical (unpaired) electrons. The van der Waals surface area contributed by atoms with Gasteiger partial charge in [-0.2, -0.15) is 14.9 Å². The van der Waals surface area contributed by atoms with Gasteiger partial charge in [-0.05, 0) is 6.92 Å². The van der Waals surface area contributed by atoms with Crippen molar-refractivity contribution in [2.45, 2.75) is 20.4 Å². The van der Waals surface area contributed by atoms with E-state index in [1.54, 1.807) is 9.65 Å². The second-order valence-corrected chi connectivity index (χ2v) is 4.76. The average molecular weight is 240 g/mol. The Labute approximate surface area is 95.6 Å². The molecule has 1 heterocycles. The minimum atomic E-state index is -1.55. The summed E-state index contributed by atoms with van der Waals surface area (Å²) in [5.41, 5.74) is 0. The van der Waals surface area contributed by atoms with Crippen LogP contribution in [0.4, 0.5) is 0 Å². The van der Waals surface area contributed by atoms with Crippen LogP contribution in [0.5, 0.6) is 0 Å². The molecule has 0 aliphatic rings. The van der Waals surface area contributed by atoms with E-state index in [0.29, 0.717) is 0 Å². The first kappa shape index (κ1) is 14.2. The summed E-state index contributed by atoms with van der Waals surface area (Å²) in [5.74, 6) is 0. The van der Waals surface area contributed by atoms with E-state index in [9.17, 15) is 4.57 Å². The van der Waals surface area contributed by atoms with E-state index in [0.717, 1.165) is 12.7 Å². The normalized spacial score (nSPS) is 10.2. The minimum Gasteiger partial charge on any atom is -0.277 e. The summed E-state index contributed by atoms with van der Waals surface area (Å²) < 4.78 is 15.1. The van der Waals surface area contributed by atoms with E-state index >= 15 is 0 Å². The minimum absolute atomic E-state index is 0.739.